The molecule has 6 nitrogen and oxygen atoms in total. The van der Waals surface area contributed by atoms with Crippen LogP contribution in [0.4, 0.5) is 20.2 Å². The first-order valence-electron chi connectivity index (χ1n) is 11.5. The molecular formula is C24H27Cl2F2N3O3S. The van der Waals surface area contributed by atoms with Gasteiger partial charge in [-0.3, -0.25) is 4.79 Å². The van der Waals surface area contributed by atoms with Crippen molar-refractivity contribution in [3.8, 4) is 0 Å². The minimum Gasteiger partial charge on any atom is -0.382 e. The molecule has 0 spiro atoms. The maximum Gasteiger partial charge on any atom is 0.227 e. The van der Waals surface area contributed by atoms with Crippen molar-refractivity contribution in [3.63, 3.8) is 0 Å². The number of hydrogen-bond donors (Lipinski definition) is 1. The van der Waals surface area contributed by atoms with Gasteiger partial charge in [-0.2, -0.15) is 0 Å². The number of piperidine rings is 2. The Labute approximate surface area is 214 Å². The molecule has 2 aliphatic heterocycles. The van der Waals surface area contributed by atoms with Crippen molar-refractivity contribution in [2.75, 3.05) is 36.1 Å². The van der Waals surface area contributed by atoms with Crippen molar-refractivity contribution in [1.82, 2.24) is 4.31 Å². The molecule has 2 aliphatic rings. The standard InChI is InChI=1S/C24H27Cl2F2N3O3S/c1-35(33,34)30-8-6-18(7-9-30)29-19-12-20(25)24(21(26)13-19)31-14-15(2-5-23(31)32)10-16-3-4-17(27)11-22(16)28/h3-4,11-13,15,18,29H,2,5-10,14H2,1H3. The Morgan fingerprint density at radius 3 is 2.31 bits per heavy atom. The molecule has 0 radical (unpaired) electrons. The summed E-state index contributed by atoms with van der Waals surface area (Å²) in [7, 11) is -3.20. The molecule has 1 atom stereocenters. The summed E-state index contributed by atoms with van der Waals surface area (Å²) in [5.41, 5.74) is 1.51. The molecule has 0 aromatic heterocycles. The maximum absolute atomic E-state index is 14.1. The van der Waals surface area contributed by atoms with E-state index in [9.17, 15) is 22.0 Å². The van der Waals surface area contributed by atoms with Crippen molar-refractivity contribution >= 4 is 50.5 Å². The van der Waals surface area contributed by atoms with Crippen LogP contribution in [0.3, 0.4) is 0 Å². The quantitative estimate of drug-likeness (QED) is 0.548. The molecule has 11 heteroatoms. The number of nitrogens with one attached hydrogen (secondary N) is 1. The Morgan fingerprint density at radius 2 is 1.71 bits per heavy atom. The van der Waals surface area contributed by atoms with Crippen LogP contribution in [0.1, 0.15) is 31.2 Å². The van der Waals surface area contributed by atoms with Crippen LogP contribution in [0.15, 0.2) is 30.3 Å². The minimum atomic E-state index is -3.20. The van der Waals surface area contributed by atoms with Gasteiger partial charge in [-0.1, -0.05) is 29.3 Å². The van der Waals surface area contributed by atoms with Gasteiger partial charge in [0.15, 0.2) is 0 Å². The van der Waals surface area contributed by atoms with Gasteiger partial charge in [0.1, 0.15) is 11.6 Å². The van der Waals surface area contributed by atoms with Crippen molar-refractivity contribution in [1.29, 1.82) is 0 Å². The SMILES string of the molecule is CS(=O)(=O)N1CCC(Nc2cc(Cl)c(N3CC(Cc4ccc(F)cc4F)CCC3=O)c(Cl)c2)CC1. The number of hydrogen-bond acceptors (Lipinski definition) is 4. The van der Waals surface area contributed by atoms with E-state index in [0.717, 1.165) is 6.07 Å². The average molecular weight is 546 g/mol. The van der Waals surface area contributed by atoms with Gasteiger partial charge in [0.2, 0.25) is 15.9 Å². The number of carbonyl (C=O) groups is 1. The molecular weight excluding hydrogens is 519 g/mol. The van der Waals surface area contributed by atoms with Gasteiger partial charge in [-0.05, 0) is 55.4 Å². The van der Waals surface area contributed by atoms with Crippen LogP contribution in [0, 0.1) is 17.6 Å². The highest BCUT2D eigenvalue weighted by molar-refractivity contribution is 7.88. The van der Waals surface area contributed by atoms with Gasteiger partial charge in [-0.15, -0.1) is 0 Å². The van der Waals surface area contributed by atoms with Crippen LogP contribution in [0.2, 0.25) is 10.0 Å². The molecule has 2 aromatic rings. The number of anilines is 2. The van der Waals surface area contributed by atoms with Crippen molar-refractivity contribution in [2.45, 2.75) is 38.1 Å². The van der Waals surface area contributed by atoms with Crippen molar-refractivity contribution in [2.24, 2.45) is 5.92 Å². The molecule has 1 N–H and O–H groups in total. The Hall–Kier alpha value is -1.94. The fourth-order valence-electron chi connectivity index (χ4n) is 4.77. The van der Waals surface area contributed by atoms with E-state index in [-0.39, 0.29) is 24.3 Å². The molecule has 2 saturated heterocycles. The predicted octanol–water partition coefficient (Wildman–Crippen LogP) is 5.09. The summed E-state index contributed by atoms with van der Waals surface area (Å²) in [5.74, 6) is -1.36. The van der Waals surface area contributed by atoms with Gasteiger partial charge in [0.05, 0.1) is 22.0 Å². The Morgan fingerprint density at radius 1 is 1.06 bits per heavy atom. The number of nitrogens with zero attached hydrogens (tertiary/aromatic N) is 2. The first-order chi connectivity index (χ1) is 16.5. The smallest absolute Gasteiger partial charge is 0.227 e. The molecule has 2 fully saturated rings. The number of amides is 1. The zero-order valence-corrected chi connectivity index (χ0v) is 21.6. The lowest BCUT2D eigenvalue weighted by atomic mass is 9.90. The van der Waals surface area contributed by atoms with E-state index >= 15 is 0 Å². The minimum absolute atomic E-state index is 0.0300. The largest absolute Gasteiger partial charge is 0.382 e. The van der Waals surface area contributed by atoms with E-state index < -0.39 is 21.7 Å². The Bertz CT molecular complexity index is 1200. The molecule has 0 aliphatic carbocycles. The predicted molar refractivity (Wildman–Crippen MR) is 135 cm³/mol. The summed E-state index contributed by atoms with van der Waals surface area (Å²) in [4.78, 5) is 14.3. The van der Waals surface area contributed by atoms with Crippen molar-refractivity contribution < 1.29 is 22.0 Å². The van der Waals surface area contributed by atoms with Crippen molar-refractivity contribution in [3.05, 3.63) is 57.6 Å². The zero-order chi connectivity index (χ0) is 25.3. The first-order valence-corrected chi connectivity index (χ1v) is 14.1. The van der Waals surface area contributed by atoms with E-state index in [1.165, 1.54) is 22.7 Å². The molecule has 1 unspecified atom stereocenters. The van der Waals surface area contributed by atoms with Gasteiger partial charge >= 0.3 is 0 Å². The third-order valence-corrected chi connectivity index (χ3v) is 8.49. The number of rotatable bonds is 6. The second-order valence-electron chi connectivity index (χ2n) is 9.22. The number of benzene rings is 2. The van der Waals surface area contributed by atoms with Crippen LogP contribution in [0.5, 0.6) is 0 Å². The zero-order valence-electron chi connectivity index (χ0n) is 19.2. The third kappa shape index (κ3) is 6.25. The highest BCUT2D eigenvalue weighted by Gasteiger charge is 2.31. The molecule has 2 aromatic carbocycles. The molecule has 190 valence electrons. The molecule has 0 saturated carbocycles. The maximum atomic E-state index is 14.1. The highest BCUT2D eigenvalue weighted by atomic mass is 35.5. The Balaban J connectivity index is 1.45. The van der Waals surface area contributed by atoms with Gasteiger partial charge in [-0.25, -0.2) is 21.5 Å². The fraction of sp³-hybridized carbons (Fsp3) is 0.458. The van der Waals surface area contributed by atoms with Gasteiger partial charge in [0, 0.05) is 43.9 Å². The lowest BCUT2D eigenvalue weighted by Crippen LogP contribution is -2.42. The topological polar surface area (TPSA) is 69.7 Å². The molecule has 35 heavy (non-hydrogen) atoms. The van der Waals surface area contributed by atoms with E-state index in [2.05, 4.69) is 5.32 Å². The van der Waals surface area contributed by atoms with E-state index in [1.807, 2.05) is 0 Å². The summed E-state index contributed by atoms with van der Waals surface area (Å²) in [6, 6.07) is 7.02. The average Bonchev–Trinajstić information content (AvgIpc) is 2.77. The summed E-state index contributed by atoms with van der Waals surface area (Å²) in [6.07, 6.45) is 3.75. The third-order valence-electron chi connectivity index (χ3n) is 6.61. The van der Waals surface area contributed by atoms with Crippen LogP contribution in [0.25, 0.3) is 0 Å². The monoisotopic (exact) mass is 545 g/mol. The molecule has 4 rings (SSSR count). The lowest BCUT2D eigenvalue weighted by molar-refractivity contribution is -0.120. The van der Waals surface area contributed by atoms with Gasteiger partial charge < -0.3 is 10.2 Å². The molecule has 0 bridgehead atoms. The van der Waals surface area contributed by atoms with Crippen LogP contribution < -0.4 is 10.2 Å². The number of carbonyl (C=O) groups excluding carboxylic acids is 1. The Kier molecular flexibility index (Phi) is 7.90. The lowest BCUT2D eigenvalue weighted by Gasteiger charge is -2.34. The molecule has 1 amide bonds. The van der Waals surface area contributed by atoms with E-state index in [4.69, 9.17) is 23.2 Å². The highest BCUT2D eigenvalue weighted by Crippen LogP contribution is 2.40. The van der Waals surface area contributed by atoms with Crippen LogP contribution in [-0.2, 0) is 21.2 Å². The fourth-order valence-corrected chi connectivity index (χ4v) is 6.33. The second kappa shape index (κ2) is 10.6. The number of sulfonamides is 1. The van der Waals surface area contributed by atoms with E-state index in [0.29, 0.717) is 72.3 Å². The normalized spacial score (nSPS) is 20.3. The molecule has 2 heterocycles. The summed E-state index contributed by atoms with van der Waals surface area (Å²) in [5, 5.41) is 3.99. The summed E-state index contributed by atoms with van der Waals surface area (Å²) < 4.78 is 52.3. The van der Waals surface area contributed by atoms with Gasteiger partial charge in [0.25, 0.3) is 0 Å². The van der Waals surface area contributed by atoms with Crippen LogP contribution in [-0.4, -0.2) is 50.6 Å². The second-order valence-corrected chi connectivity index (χ2v) is 12.0. The summed E-state index contributed by atoms with van der Waals surface area (Å²) in [6.45, 7) is 1.20. The van der Waals surface area contributed by atoms with E-state index in [1.54, 1.807) is 17.0 Å². The number of halogens is 4. The summed E-state index contributed by atoms with van der Waals surface area (Å²) >= 11 is 13.2. The first kappa shape index (κ1) is 26.1. The van der Waals surface area contributed by atoms with Crippen LogP contribution >= 0.6 is 23.2 Å².